The third kappa shape index (κ3) is 2.81. The number of benzene rings is 1. The molecular weight excluding hydrogens is 294 g/mol. The summed E-state index contributed by atoms with van der Waals surface area (Å²) in [6.45, 7) is 0.876. The van der Waals surface area contributed by atoms with E-state index in [0.717, 1.165) is 36.4 Å². The minimum Gasteiger partial charge on any atom is -0.361 e. The summed E-state index contributed by atoms with van der Waals surface area (Å²) in [5, 5.41) is 0. The van der Waals surface area contributed by atoms with Crippen molar-refractivity contribution in [2.24, 2.45) is 4.99 Å². The molecule has 0 radical (unpaired) electrons. The molecule has 3 aromatic rings. The molecule has 3 heterocycles. The summed E-state index contributed by atoms with van der Waals surface area (Å²) < 4.78 is 0. The molecule has 0 atom stereocenters. The fraction of sp³-hybridized carbons (Fsp3) is 0.143. The predicted molar refractivity (Wildman–Crippen MR) is 98.1 cm³/mol. The molecule has 3 heteroatoms. The number of hydrogen-bond donors (Lipinski definition) is 1. The van der Waals surface area contributed by atoms with E-state index in [1.165, 1.54) is 16.7 Å². The lowest BCUT2D eigenvalue weighted by molar-refractivity contribution is 0.816. The van der Waals surface area contributed by atoms with Crippen molar-refractivity contribution in [2.75, 3.05) is 6.54 Å². The van der Waals surface area contributed by atoms with Gasteiger partial charge in [0.25, 0.3) is 0 Å². The van der Waals surface area contributed by atoms with Crippen molar-refractivity contribution in [3.05, 3.63) is 95.6 Å². The van der Waals surface area contributed by atoms with Crippen LogP contribution in [0.15, 0.2) is 83.8 Å². The first-order chi connectivity index (χ1) is 11.9. The molecule has 0 unspecified atom stereocenters. The van der Waals surface area contributed by atoms with E-state index >= 15 is 0 Å². The van der Waals surface area contributed by atoms with E-state index < -0.39 is 0 Å². The first kappa shape index (κ1) is 14.6. The monoisotopic (exact) mass is 313 g/mol. The minimum atomic E-state index is 0.876. The Bertz CT molecular complexity index is 860. The summed E-state index contributed by atoms with van der Waals surface area (Å²) in [6, 6.07) is 18.8. The number of nitrogens with zero attached hydrogens (tertiary/aromatic N) is 2. The third-order valence-electron chi connectivity index (χ3n) is 4.31. The lowest BCUT2D eigenvalue weighted by Gasteiger charge is -2.21. The quantitative estimate of drug-likeness (QED) is 0.760. The number of allylic oxidation sites excluding steroid dienone is 1. The fourth-order valence-electron chi connectivity index (χ4n) is 3.26. The van der Waals surface area contributed by atoms with Crippen molar-refractivity contribution < 1.29 is 0 Å². The summed E-state index contributed by atoms with van der Waals surface area (Å²) in [6.07, 6.45) is 7.79. The highest BCUT2D eigenvalue weighted by atomic mass is 14.8. The minimum absolute atomic E-state index is 0.876. The van der Waals surface area contributed by atoms with Gasteiger partial charge in [0.05, 0.1) is 5.71 Å². The number of pyridine rings is 1. The maximum Gasteiger partial charge on any atom is 0.0701 e. The van der Waals surface area contributed by atoms with Gasteiger partial charge in [0.2, 0.25) is 0 Å². The lowest BCUT2D eigenvalue weighted by atomic mass is 9.87. The van der Waals surface area contributed by atoms with Crippen LogP contribution in [-0.2, 0) is 0 Å². The average Bonchev–Trinajstić information content (AvgIpc) is 3.18. The molecule has 1 aliphatic rings. The Kier molecular flexibility index (Phi) is 4.07. The predicted octanol–water partition coefficient (Wildman–Crippen LogP) is 4.49. The molecule has 3 nitrogen and oxygen atoms in total. The van der Waals surface area contributed by atoms with Crippen molar-refractivity contribution in [2.45, 2.75) is 12.8 Å². The zero-order valence-electron chi connectivity index (χ0n) is 13.4. The van der Waals surface area contributed by atoms with Crippen molar-refractivity contribution in [1.82, 2.24) is 9.97 Å². The molecule has 24 heavy (non-hydrogen) atoms. The first-order valence-corrected chi connectivity index (χ1v) is 8.31. The van der Waals surface area contributed by atoms with Gasteiger partial charge in [0.15, 0.2) is 0 Å². The first-order valence-electron chi connectivity index (χ1n) is 8.31. The Morgan fingerprint density at radius 1 is 0.958 bits per heavy atom. The average molecular weight is 313 g/mol. The fourth-order valence-corrected chi connectivity index (χ4v) is 3.26. The van der Waals surface area contributed by atoms with E-state index in [9.17, 15) is 0 Å². The van der Waals surface area contributed by atoms with Crippen molar-refractivity contribution in [3.8, 4) is 0 Å². The summed E-state index contributed by atoms with van der Waals surface area (Å²) >= 11 is 0. The van der Waals surface area contributed by atoms with Crippen LogP contribution in [0.4, 0.5) is 0 Å². The van der Waals surface area contributed by atoms with E-state index in [0.29, 0.717) is 0 Å². The van der Waals surface area contributed by atoms with Crippen molar-refractivity contribution in [3.63, 3.8) is 0 Å². The van der Waals surface area contributed by atoms with E-state index in [1.807, 2.05) is 24.5 Å². The van der Waals surface area contributed by atoms with E-state index in [2.05, 4.69) is 52.4 Å². The molecule has 0 saturated carbocycles. The van der Waals surface area contributed by atoms with Crippen LogP contribution in [0.2, 0.25) is 0 Å². The topological polar surface area (TPSA) is 41.0 Å². The van der Waals surface area contributed by atoms with Gasteiger partial charge in [-0.2, -0.15) is 0 Å². The molecule has 1 N–H and O–H groups in total. The second-order valence-corrected chi connectivity index (χ2v) is 5.88. The number of aliphatic imine (C=N–C) groups is 1. The van der Waals surface area contributed by atoms with Gasteiger partial charge in [0.1, 0.15) is 0 Å². The molecule has 0 saturated heterocycles. The Morgan fingerprint density at radius 3 is 2.62 bits per heavy atom. The second-order valence-electron chi connectivity index (χ2n) is 5.88. The van der Waals surface area contributed by atoms with Crippen LogP contribution in [0.25, 0.3) is 5.57 Å². The molecule has 0 fully saturated rings. The number of rotatable bonds is 3. The van der Waals surface area contributed by atoms with E-state index in [4.69, 9.17) is 4.99 Å². The molecule has 4 rings (SSSR count). The van der Waals surface area contributed by atoms with Gasteiger partial charge < -0.3 is 4.98 Å². The molecule has 0 bridgehead atoms. The standard InChI is InChI=1S/C21H19N3/c1-2-7-16(8-3-1)20(19-11-6-13-23-19)18-10-5-14-24-21(18)17-9-4-12-22-15-17/h1-4,6-9,11-13,15,23H,5,10,14H2. The van der Waals surface area contributed by atoms with E-state index in [-0.39, 0.29) is 0 Å². The smallest absolute Gasteiger partial charge is 0.0701 e. The van der Waals surface area contributed by atoms with Gasteiger partial charge in [-0.05, 0) is 48.2 Å². The molecule has 0 aliphatic carbocycles. The van der Waals surface area contributed by atoms with Crippen LogP contribution in [-0.4, -0.2) is 22.2 Å². The van der Waals surface area contributed by atoms with Gasteiger partial charge >= 0.3 is 0 Å². The molecule has 1 aliphatic heterocycles. The summed E-state index contributed by atoms with van der Waals surface area (Å²) in [4.78, 5) is 12.5. The molecule has 0 amide bonds. The Labute approximate surface area is 141 Å². The highest BCUT2D eigenvalue weighted by molar-refractivity contribution is 6.18. The summed E-state index contributed by atoms with van der Waals surface area (Å²) in [5.74, 6) is 0. The van der Waals surface area contributed by atoms with Crippen LogP contribution in [0.3, 0.4) is 0 Å². The number of hydrogen-bond acceptors (Lipinski definition) is 2. The van der Waals surface area contributed by atoms with Crippen molar-refractivity contribution >= 4 is 11.3 Å². The van der Waals surface area contributed by atoms with Gasteiger partial charge in [-0.25, -0.2) is 0 Å². The number of aromatic nitrogens is 2. The highest BCUT2D eigenvalue weighted by Crippen LogP contribution is 2.32. The molecule has 2 aromatic heterocycles. The maximum absolute atomic E-state index is 4.84. The van der Waals surface area contributed by atoms with Gasteiger partial charge in [-0.3, -0.25) is 9.98 Å². The number of H-pyrrole nitrogens is 1. The zero-order chi connectivity index (χ0) is 16.2. The third-order valence-corrected chi connectivity index (χ3v) is 4.31. The largest absolute Gasteiger partial charge is 0.361 e. The molecule has 118 valence electrons. The highest BCUT2D eigenvalue weighted by Gasteiger charge is 2.21. The lowest BCUT2D eigenvalue weighted by Crippen LogP contribution is -2.14. The Balaban J connectivity index is 1.94. The SMILES string of the molecule is c1ccc(C(=C2CCCN=C2c2cccnc2)c2ccc[nH]2)cc1. The summed E-state index contributed by atoms with van der Waals surface area (Å²) in [7, 11) is 0. The Hall–Kier alpha value is -2.94. The molecular formula is C21H19N3. The number of aromatic amines is 1. The molecule has 1 aromatic carbocycles. The molecule has 0 spiro atoms. The van der Waals surface area contributed by atoms with Crippen LogP contribution in [0, 0.1) is 0 Å². The van der Waals surface area contributed by atoms with Gasteiger partial charge in [-0.1, -0.05) is 30.3 Å². The van der Waals surface area contributed by atoms with E-state index in [1.54, 1.807) is 6.20 Å². The normalized spacial score (nSPS) is 16.6. The summed E-state index contributed by atoms with van der Waals surface area (Å²) in [5.41, 5.74) is 7.05. The van der Waals surface area contributed by atoms with Crippen LogP contribution in [0.1, 0.15) is 29.7 Å². The second kappa shape index (κ2) is 6.67. The van der Waals surface area contributed by atoms with Crippen LogP contribution >= 0.6 is 0 Å². The van der Waals surface area contributed by atoms with Crippen LogP contribution in [0.5, 0.6) is 0 Å². The maximum atomic E-state index is 4.84. The number of nitrogens with one attached hydrogen (secondary N) is 1. The van der Waals surface area contributed by atoms with Crippen molar-refractivity contribution in [1.29, 1.82) is 0 Å². The van der Waals surface area contributed by atoms with Gasteiger partial charge in [0, 0.05) is 42.0 Å². The van der Waals surface area contributed by atoms with Gasteiger partial charge in [-0.15, -0.1) is 0 Å². The Morgan fingerprint density at radius 2 is 1.88 bits per heavy atom. The van der Waals surface area contributed by atoms with Crippen LogP contribution < -0.4 is 0 Å². The zero-order valence-corrected chi connectivity index (χ0v) is 13.4.